The Morgan fingerprint density at radius 1 is 1.31 bits per heavy atom. The SMILES string of the molecule is CCNC(=NCCOc1c(C)cccc1C)N1CCC2(CCOC2)C1.I. The van der Waals surface area contributed by atoms with Crippen LogP contribution < -0.4 is 10.1 Å². The second kappa shape index (κ2) is 9.78. The lowest BCUT2D eigenvalue weighted by Crippen LogP contribution is -2.41. The van der Waals surface area contributed by atoms with Crippen LogP contribution in [0.15, 0.2) is 23.2 Å². The standard InChI is InChI=1S/C20H31N3O2.HI/c1-4-21-19(23-11-8-20(14-23)9-12-24-15-20)22-10-13-25-18-16(2)6-5-7-17(18)3;/h5-7H,4,8-15H2,1-3H3,(H,21,22);1H. The first-order valence-corrected chi connectivity index (χ1v) is 9.43. The third-order valence-corrected chi connectivity index (χ3v) is 5.27. The Balaban J connectivity index is 0.00000243. The molecule has 0 aliphatic carbocycles. The number of hydrogen-bond acceptors (Lipinski definition) is 3. The highest BCUT2D eigenvalue weighted by molar-refractivity contribution is 14.0. The summed E-state index contributed by atoms with van der Waals surface area (Å²) in [5, 5.41) is 3.43. The van der Waals surface area contributed by atoms with Crippen LogP contribution in [0.4, 0.5) is 0 Å². The molecule has 3 rings (SSSR count). The summed E-state index contributed by atoms with van der Waals surface area (Å²) in [5.74, 6) is 2.00. The number of halogens is 1. The van der Waals surface area contributed by atoms with E-state index in [1.807, 2.05) is 0 Å². The van der Waals surface area contributed by atoms with Crippen LogP contribution in [0, 0.1) is 19.3 Å². The van der Waals surface area contributed by atoms with Gasteiger partial charge in [-0.25, -0.2) is 4.99 Å². The third-order valence-electron chi connectivity index (χ3n) is 5.27. The number of nitrogens with zero attached hydrogens (tertiary/aromatic N) is 2. The van der Waals surface area contributed by atoms with Gasteiger partial charge in [0.25, 0.3) is 0 Å². The molecule has 6 heteroatoms. The van der Waals surface area contributed by atoms with Gasteiger partial charge < -0.3 is 19.7 Å². The van der Waals surface area contributed by atoms with Crippen LogP contribution in [0.1, 0.15) is 30.9 Å². The van der Waals surface area contributed by atoms with Crippen LogP contribution in [0.25, 0.3) is 0 Å². The van der Waals surface area contributed by atoms with Gasteiger partial charge in [0.05, 0.1) is 13.2 Å². The molecule has 2 fully saturated rings. The third kappa shape index (κ3) is 5.03. The predicted molar refractivity (Wildman–Crippen MR) is 117 cm³/mol. The quantitative estimate of drug-likeness (QED) is 0.308. The van der Waals surface area contributed by atoms with Gasteiger partial charge in [-0.1, -0.05) is 18.2 Å². The Labute approximate surface area is 174 Å². The van der Waals surface area contributed by atoms with Gasteiger partial charge in [-0.3, -0.25) is 0 Å². The Morgan fingerprint density at radius 3 is 2.73 bits per heavy atom. The average molecular weight is 473 g/mol. The summed E-state index contributed by atoms with van der Waals surface area (Å²) in [5.41, 5.74) is 2.71. The predicted octanol–water partition coefficient (Wildman–Crippen LogP) is 3.38. The summed E-state index contributed by atoms with van der Waals surface area (Å²) in [4.78, 5) is 7.18. The second-order valence-corrected chi connectivity index (χ2v) is 7.28. The van der Waals surface area contributed by atoms with Crippen molar-refractivity contribution in [3.63, 3.8) is 0 Å². The highest BCUT2D eigenvalue weighted by Gasteiger charge is 2.42. The summed E-state index contributed by atoms with van der Waals surface area (Å²) in [6, 6.07) is 6.24. The van der Waals surface area contributed by atoms with Crippen molar-refractivity contribution in [3.05, 3.63) is 29.3 Å². The Bertz CT molecular complexity index is 595. The number of ether oxygens (including phenoxy) is 2. The van der Waals surface area contributed by atoms with Crippen molar-refractivity contribution in [2.75, 3.05) is 46.0 Å². The van der Waals surface area contributed by atoms with Crippen molar-refractivity contribution in [2.45, 2.75) is 33.6 Å². The van der Waals surface area contributed by atoms with E-state index < -0.39 is 0 Å². The Kier molecular flexibility index (Phi) is 8.01. The van der Waals surface area contributed by atoms with Crippen molar-refractivity contribution in [3.8, 4) is 5.75 Å². The van der Waals surface area contributed by atoms with Gasteiger partial charge in [0.15, 0.2) is 5.96 Å². The molecule has 2 aliphatic rings. The van der Waals surface area contributed by atoms with Gasteiger partial charge in [0, 0.05) is 31.7 Å². The van der Waals surface area contributed by atoms with Crippen LogP contribution in [-0.2, 0) is 4.74 Å². The Morgan fingerprint density at radius 2 is 2.08 bits per heavy atom. The maximum atomic E-state index is 5.98. The van der Waals surface area contributed by atoms with Crippen LogP contribution in [-0.4, -0.2) is 56.9 Å². The van der Waals surface area contributed by atoms with Gasteiger partial charge in [-0.2, -0.15) is 0 Å². The fraction of sp³-hybridized carbons (Fsp3) is 0.650. The van der Waals surface area contributed by atoms with Crippen molar-refractivity contribution in [2.24, 2.45) is 10.4 Å². The molecule has 1 atom stereocenters. The number of para-hydroxylation sites is 1. The van der Waals surface area contributed by atoms with Crippen LogP contribution in [0.3, 0.4) is 0 Å². The number of hydrogen-bond donors (Lipinski definition) is 1. The molecule has 1 spiro atoms. The van der Waals surface area contributed by atoms with E-state index in [2.05, 4.69) is 49.2 Å². The lowest BCUT2D eigenvalue weighted by molar-refractivity contribution is 0.156. The molecule has 0 bridgehead atoms. The normalized spacial score (nSPS) is 22.6. The van der Waals surface area contributed by atoms with Gasteiger partial charge in [-0.15, -0.1) is 24.0 Å². The number of benzene rings is 1. The minimum Gasteiger partial charge on any atom is -0.491 e. The zero-order valence-electron chi connectivity index (χ0n) is 16.2. The summed E-state index contributed by atoms with van der Waals surface area (Å²) < 4.78 is 11.6. The number of aryl methyl sites for hydroxylation is 2. The van der Waals surface area contributed by atoms with E-state index in [1.54, 1.807) is 0 Å². The molecule has 1 unspecified atom stereocenters. The molecular formula is C20H32IN3O2. The van der Waals surface area contributed by atoms with E-state index in [1.165, 1.54) is 24.0 Å². The van der Waals surface area contributed by atoms with Gasteiger partial charge in [0.1, 0.15) is 12.4 Å². The van der Waals surface area contributed by atoms with Crippen molar-refractivity contribution in [1.29, 1.82) is 0 Å². The molecule has 2 heterocycles. The minimum atomic E-state index is 0. The van der Waals surface area contributed by atoms with Crippen LogP contribution in [0.5, 0.6) is 5.75 Å². The summed E-state index contributed by atoms with van der Waals surface area (Å²) >= 11 is 0. The van der Waals surface area contributed by atoms with E-state index in [0.29, 0.717) is 18.6 Å². The summed E-state index contributed by atoms with van der Waals surface area (Å²) in [6.45, 7) is 12.4. The number of guanidine groups is 1. The first-order chi connectivity index (χ1) is 12.1. The maximum Gasteiger partial charge on any atom is 0.194 e. The molecule has 5 nitrogen and oxygen atoms in total. The number of likely N-dealkylation sites (tertiary alicyclic amines) is 1. The topological polar surface area (TPSA) is 46.1 Å². The monoisotopic (exact) mass is 473 g/mol. The second-order valence-electron chi connectivity index (χ2n) is 7.28. The van der Waals surface area contributed by atoms with Gasteiger partial charge in [-0.05, 0) is 44.7 Å². The van der Waals surface area contributed by atoms with E-state index in [-0.39, 0.29) is 24.0 Å². The average Bonchev–Trinajstić information content (AvgIpc) is 3.23. The Hall–Kier alpha value is -1.02. The maximum absolute atomic E-state index is 5.98. The van der Waals surface area contributed by atoms with Crippen molar-refractivity contribution >= 4 is 29.9 Å². The molecular weight excluding hydrogens is 441 g/mol. The summed E-state index contributed by atoms with van der Waals surface area (Å²) in [7, 11) is 0. The molecule has 1 N–H and O–H groups in total. The smallest absolute Gasteiger partial charge is 0.194 e. The summed E-state index contributed by atoms with van der Waals surface area (Å²) in [6.07, 6.45) is 2.38. The molecule has 26 heavy (non-hydrogen) atoms. The number of nitrogens with one attached hydrogen (secondary N) is 1. The largest absolute Gasteiger partial charge is 0.491 e. The molecule has 146 valence electrons. The highest BCUT2D eigenvalue weighted by atomic mass is 127. The van der Waals surface area contributed by atoms with Crippen LogP contribution >= 0.6 is 24.0 Å². The first-order valence-electron chi connectivity index (χ1n) is 9.43. The number of rotatable bonds is 5. The molecule has 0 radical (unpaired) electrons. The molecule has 0 aromatic heterocycles. The lowest BCUT2D eigenvalue weighted by Gasteiger charge is -2.25. The van der Waals surface area contributed by atoms with Gasteiger partial charge >= 0.3 is 0 Å². The fourth-order valence-corrected chi connectivity index (χ4v) is 3.84. The lowest BCUT2D eigenvalue weighted by atomic mass is 9.87. The van der Waals surface area contributed by atoms with E-state index in [0.717, 1.165) is 44.6 Å². The zero-order valence-corrected chi connectivity index (χ0v) is 18.5. The van der Waals surface area contributed by atoms with Crippen molar-refractivity contribution in [1.82, 2.24) is 10.2 Å². The first kappa shape index (κ1) is 21.3. The molecule has 1 aromatic carbocycles. The molecule has 1 aromatic rings. The zero-order chi connectivity index (χ0) is 17.7. The van der Waals surface area contributed by atoms with E-state index in [4.69, 9.17) is 14.5 Å². The fourth-order valence-electron chi connectivity index (χ4n) is 3.84. The minimum absolute atomic E-state index is 0. The van der Waals surface area contributed by atoms with E-state index >= 15 is 0 Å². The van der Waals surface area contributed by atoms with Gasteiger partial charge in [0.2, 0.25) is 0 Å². The highest BCUT2D eigenvalue weighted by Crippen LogP contribution is 2.38. The van der Waals surface area contributed by atoms with E-state index in [9.17, 15) is 0 Å². The molecule has 0 saturated carbocycles. The molecule has 0 amide bonds. The van der Waals surface area contributed by atoms with Crippen molar-refractivity contribution < 1.29 is 9.47 Å². The molecule has 2 saturated heterocycles. The van der Waals surface area contributed by atoms with Crippen LogP contribution in [0.2, 0.25) is 0 Å². The number of aliphatic imine (C=N–C) groups is 1. The molecule has 2 aliphatic heterocycles.